The zero-order chi connectivity index (χ0) is 28.9. The number of aromatic nitrogens is 3. The third-order valence-corrected chi connectivity index (χ3v) is 7.72. The van der Waals surface area contributed by atoms with Crippen molar-refractivity contribution >= 4 is 42.0 Å². The summed E-state index contributed by atoms with van der Waals surface area (Å²) < 4.78 is 8.00. The number of hydrogen-bond donors (Lipinski definition) is 2. The number of rotatable bonds is 11. The Labute approximate surface area is 233 Å². The summed E-state index contributed by atoms with van der Waals surface area (Å²) in [6, 6.07) is 0. The van der Waals surface area contributed by atoms with Crippen LogP contribution in [-0.4, -0.2) is 43.9 Å². The molecule has 0 bridgehead atoms. The van der Waals surface area contributed by atoms with Crippen LogP contribution in [0.25, 0.3) is 12.2 Å². The van der Waals surface area contributed by atoms with Crippen molar-refractivity contribution in [2.75, 3.05) is 7.11 Å². The van der Waals surface area contributed by atoms with Gasteiger partial charge in [-0.25, -0.2) is 4.99 Å². The van der Waals surface area contributed by atoms with E-state index in [1.807, 2.05) is 33.8 Å². The lowest BCUT2D eigenvalue weighted by Crippen LogP contribution is -2.28. The molecule has 2 aromatic heterocycles. The maximum Gasteiger partial charge on any atom is 0.305 e. The predicted molar refractivity (Wildman–Crippen MR) is 155 cm³/mol. The van der Waals surface area contributed by atoms with Crippen molar-refractivity contribution in [3.8, 4) is 5.88 Å². The van der Waals surface area contributed by atoms with Crippen LogP contribution < -0.4 is 16.3 Å². The van der Waals surface area contributed by atoms with Gasteiger partial charge in [0.25, 0.3) is 11.5 Å². The van der Waals surface area contributed by atoms with Crippen molar-refractivity contribution in [1.29, 1.82) is 0 Å². The lowest BCUT2D eigenvalue weighted by molar-refractivity contribution is -0.140. The summed E-state index contributed by atoms with van der Waals surface area (Å²) >= 11 is 5.41. The number of allylic oxidation sites excluding steroid dienone is 1. The van der Waals surface area contributed by atoms with Crippen LogP contribution in [0.4, 0.5) is 0 Å². The summed E-state index contributed by atoms with van der Waals surface area (Å²) in [6.07, 6.45) is 7.72. The number of ether oxygens (including phenoxy) is 1. The Morgan fingerprint density at radius 3 is 2.36 bits per heavy atom. The summed E-state index contributed by atoms with van der Waals surface area (Å²) in [5.74, 6) is -0.614. The van der Waals surface area contributed by atoms with Crippen molar-refractivity contribution in [3.05, 3.63) is 53.7 Å². The van der Waals surface area contributed by atoms with Gasteiger partial charge in [0, 0.05) is 35.8 Å². The minimum Gasteiger partial charge on any atom is -0.494 e. The lowest BCUT2D eigenvalue weighted by atomic mass is 9.98. The van der Waals surface area contributed by atoms with Crippen molar-refractivity contribution in [2.45, 2.75) is 86.2 Å². The number of carbonyl (C=O) groups excluding carboxylic acids is 2. The number of nitrogens with one attached hydrogen (secondary N) is 1. The smallest absolute Gasteiger partial charge is 0.305 e. The molecule has 0 aromatic carbocycles. The number of hydrogen-bond acceptors (Lipinski definition) is 6. The van der Waals surface area contributed by atoms with Crippen LogP contribution >= 0.6 is 12.2 Å². The van der Waals surface area contributed by atoms with E-state index in [9.17, 15) is 19.5 Å². The topological polar surface area (TPSA) is 119 Å². The number of aromatic amines is 1. The summed E-state index contributed by atoms with van der Waals surface area (Å²) in [7, 11) is 1.39. The van der Waals surface area contributed by atoms with E-state index in [0.29, 0.717) is 49.0 Å². The molecule has 3 rings (SSSR count). The molecule has 1 amide bonds. The highest BCUT2D eigenvalue weighted by molar-refractivity contribution is 7.71. The lowest BCUT2D eigenvalue weighted by Gasteiger charge is -2.13. The summed E-state index contributed by atoms with van der Waals surface area (Å²) in [6.45, 7) is 10.3. The van der Waals surface area contributed by atoms with Crippen LogP contribution in [0.3, 0.4) is 0 Å². The molecule has 2 N–H and O–H groups in total. The maximum absolute atomic E-state index is 13.2. The van der Waals surface area contributed by atoms with Gasteiger partial charge in [-0.3, -0.25) is 23.5 Å². The third kappa shape index (κ3) is 6.21. The average Bonchev–Trinajstić information content (AvgIpc) is 3.35. The molecule has 210 valence electrons. The fourth-order valence-corrected chi connectivity index (χ4v) is 5.38. The van der Waals surface area contributed by atoms with E-state index in [1.165, 1.54) is 11.7 Å². The highest BCUT2D eigenvalue weighted by Gasteiger charge is 2.22. The normalized spacial score (nSPS) is 14.5. The van der Waals surface area contributed by atoms with Gasteiger partial charge in [0.15, 0.2) is 4.77 Å². The van der Waals surface area contributed by atoms with E-state index >= 15 is 0 Å². The molecular formula is C29H38N4O5S. The molecule has 0 unspecified atom stereocenters. The number of carbonyl (C=O) groups is 2. The van der Waals surface area contributed by atoms with Gasteiger partial charge in [-0.05, 0) is 94.4 Å². The summed E-state index contributed by atoms with van der Waals surface area (Å²) in [4.78, 5) is 44.7. The highest BCUT2D eigenvalue weighted by atomic mass is 32.1. The van der Waals surface area contributed by atoms with E-state index < -0.39 is 0 Å². The van der Waals surface area contributed by atoms with Crippen LogP contribution in [0.15, 0.2) is 20.9 Å². The van der Waals surface area contributed by atoms with Crippen molar-refractivity contribution in [2.24, 2.45) is 4.99 Å². The Morgan fingerprint density at radius 1 is 1.05 bits per heavy atom. The summed E-state index contributed by atoms with van der Waals surface area (Å²) in [5.41, 5.74) is 3.99. The van der Waals surface area contributed by atoms with Gasteiger partial charge >= 0.3 is 5.97 Å². The quantitative estimate of drug-likeness (QED) is 0.250. The molecule has 0 atom stereocenters. The Kier molecular flexibility index (Phi) is 10.0. The Bertz CT molecular complexity index is 1590. The number of H-pyrrole nitrogens is 1. The Morgan fingerprint density at radius 2 is 1.74 bits per heavy atom. The molecule has 3 heterocycles. The van der Waals surface area contributed by atoms with Gasteiger partial charge < -0.3 is 14.8 Å². The molecule has 0 saturated heterocycles. The van der Waals surface area contributed by atoms with Gasteiger partial charge in [0.1, 0.15) is 5.56 Å². The second-order valence-electron chi connectivity index (χ2n) is 9.55. The fraction of sp³-hybridized carbons (Fsp3) is 0.483. The molecule has 0 saturated carbocycles. The maximum atomic E-state index is 13.2. The number of amides is 1. The van der Waals surface area contributed by atoms with E-state index in [-0.39, 0.29) is 33.7 Å². The Balaban J connectivity index is 2.04. The molecule has 9 nitrogen and oxygen atoms in total. The molecule has 1 aliphatic heterocycles. The number of nitrogens with zero attached hydrogens (tertiary/aromatic N) is 3. The molecule has 1 aliphatic rings. The summed E-state index contributed by atoms with van der Waals surface area (Å²) in [5, 5.41) is 12.4. The molecule has 0 radical (unpaired) electrons. The molecule has 2 aromatic rings. The molecule has 0 spiro atoms. The first-order chi connectivity index (χ1) is 18.6. The third-order valence-electron chi connectivity index (χ3n) is 7.28. The molecule has 0 aliphatic carbocycles. The van der Waals surface area contributed by atoms with Crippen LogP contribution in [-0.2, 0) is 33.8 Å². The van der Waals surface area contributed by atoms with Crippen LogP contribution in [0, 0.1) is 11.7 Å². The second-order valence-corrected chi connectivity index (χ2v) is 9.92. The van der Waals surface area contributed by atoms with Crippen molar-refractivity contribution in [3.63, 3.8) is 0 Å². The first-order valence-corrected chi connectivity index (χ1v) is 13.9. The number of unbranched alkanes of at least 4 members (excludes halogenated alkanes) is 2. The van der Waals surface area contributed by atoms with Crippen LogP contribution in [0.2, 0.25) is 0 Å². The van der Waals surface area contributed by atoms with E-state index in [4.69, 9.17) is 17.0 Å². The predicted octanol–water partition coefficient (Wildman–Crippen LogP) is 3.35. The van der Waals surface area contributed by atoms with Crippen molar-refractivity contribution < 1.29 is 19.4 Å². The van der Waals surface area contributed by atoms with Crippen molar-refractivity contribution in [1.82, 2.24) is 14.1 Å². The molecule has 10 heteroatoms. The molecular weight excluding hydrogens is 516 g/mol. The van der Waals surface area contributed by atoms with E-state index in [1.54, 1.807) is 17.6 Å². The SMILES string of the molecule is CCc1c(C)/c(=C/C2=NC(=O)C(C)=C2CCCCCC(=O)OC)[nH]/c1=C\c1c(O)n(CC)c(=S)n(CC)c1=O. The minimum absolute atomic E-state index is 0.157. The zero-order valence-corrected chi connectivity index (χ0v) is 24.5. The van der Waals surface area contributed by atoms with Gasteiger partial charge in [-0.2, -0.15) is 0 Å². The number of aliphatic imine (C=N–C) groups is 1. The average molecular weight is 555 g/mol. The standard InChI is InChI=1S/C29H38N4O5S/c1-7-19-17(4)22(16-24-20(18(5)26(35)31-24)13-11-10-12-14-25(34)38-6)30-23(19)15-21-27(36)32(8-2)29(39)33(9-3)28(21)37/h15-16,30,36H,7-14H2,1-6H3/b22-16-,23-15-. The second kappa shape index (κ2) is 13.0. The van der Waals surface area contributed by atoms with Gasteiger partial charge in [-0.15, -0.1) is 0 Å². The monoisotopic (exact) mass is 554 g/mol. The minimum atomic E-state index is -0.344. The molecule has 0 fully saturated rings. The van der Waals surface area contributed by atoms with Gasteiger partial charge in [-0.1, -0.05) is 13.3 Å². The number of esters is 1. The molecule has 39 heavy (non-hydrogen) atoms. The number of methoxy groups -OCH3 is 1. The first-order valence-electron chi connectivity index (χ1n) is 13.5. The largest absolute Gasteiger partial charge is 0.494 e. The first kappa shape index (κ1) is 30.0. The van der Waals surface area contributed by atoms with Crippen LogP contribution in [0.5, 0.6) is 5.88 Å². The zero-order valence-electron chi connectivity index (χ0n) is 23.6. The highest BCUT2D eigenvalue weighted by Crippen LogP contribution is 2.23. The van der Waals surface area contributed by atoms with Crippen LogP contribution in [0.1, 0.15) is 76.5 Å². The number of aromatic hydroxyl groups is 1. The van der Waals surface area contributed by atoms with E-state index in [0.717, 1.165) is 41.3 Å². The van der Waals surface area contributed by atoms with Gasteiger partial charge in [0.05, 0.1) is 12.8 Å². The van der Waals surface area contributed by atoms with E-state index in [2.05, 4.69) is 9.98 Å². The fourth-order valence-electron chi connectivity index (χ4n) is 4.95. The Hall–Kier alpha value is -3.53. The van der Waals surface area contributed by atoms with Gasteiger partial charge in [0.2, 0.25) is 5.88 Å².